The lowest BCUT2D eigenvalue weighted by atomic mass is 10.2. The van der Waals surface area contributed by atoms with Gasteiger partial charge in [-0.25, -0.2) is 9.48 Å². The van der Waals surface area contributed by atoms with Crippen molar-refractivity contribution in [2.24, 2.45) is 0 Å². The summed E-state index contributed by atoms with van der Waals surface area (Å²) in [6.07, 6.45) is 3.73. The van der Waals surface area contributed by atoms with Gasteiger partial charge in [0.05, 0.1) is 18.7 Å². The third kappa shape index (κ3) is 3.41. The van der Waals surface area contributed by atoms with E-state index in [0.717, 1.165) is 4.47 Å². The molecule has 1 aliphatic heterocycles. The van der Waals surface area contributed by atoms with Crippen molar-refractivity contribution in [1.29, 1.82) is 0 Å². The quantitative estimate of drug-likeness (QED) is 0.754. The SMILES string of the molecule is COCCn1nc2n(c1=O)CCN(C(=O)c1cncc(Br)c1)CC2. The number of carbonyl (C=O) groups excluding carboxylic acids is 1. The fourth-order valence-corrected chi connectivity index (χ4v) is 3.07. The monoisotopic (exact) mass is 395 g/mol. The zero-order valence-electron chi connectivity index (χ0n) is 13.3. The highest BCUT2D eigenvalue weighted by atomic mass is 79.9. The van der Waals surface area contributed by atoms with Crippen LogP contribution < -0.4 is 5.69 Å². The Morgan fingerprint density at radius 2 is 2.17 bits per heavy atom. The van der Waals surface area contributed by atoms with Gasteiger partial charge < -0.3 is 9.64 Å². The second-order valence-electron chi connectivity index (χ2n) is 5.50. The minimum absolute atomic E-state index is 0.0886. The molecule has 0 N–H and O–H groups in total. The molecule has 0 spiro atoms. The summed E-state index contributed by atoms with van der Waals surface area (Å²) in [5.74, 6) is 0.619. The topological polar surface area (TPSA) is 82.2 Å². The first-order valence-electron chi connectivity index (χ1n) is 7.65. The highest BCUT2D eigenvalue weighted by Gasteiger charge is 2.23. The molecule has 0 saturated heterocycles. The predicted molar refractivity (Wildman–Crippen MR) is 89.9 cm³/mol. The molecule has 24 heavy (non-hydrogen) atoms. The van der Waals surface area contributed by atoms with Crippen LogP contribution in [0, 0.1) is 0 Å². The van der Waals surface area contributed by atoms with Crippen LogP contribution in [0.15, 0.2) is 27.7 Å². The average molecular weight is 396 g/mol. The molecule has 128 valence electrons. The Balaban J connectivity index is 1.74. The lowest BCUT2D eigenvalue weighted by molar-refractivity contribution is 0.0758. The zero-order valence-corrected chi connectivity index (χ0v) is 14.9. The minimum Gasteiger partial charge on any atom is -0.383 e. The van der Waals surface area contributed by atoms with Crippen LogP contribution in [-0.4, -0.2) is 56.9 Å². The van der Waals surface area contributed by atoms with Crippen molar-refractivity contribution in [1.82, 2.24) is 24.2 Å². The number of halogens is 1. The van der Waals surface area contributed by atoms with Crippen molar-refractivity contribution in [3.63, 3.8) is 0 Å². The van der Waals surface area contributed by atoms with Gasteiger partial charge in [0.2, 0.25) is 0 Å². The van der Waals surface area contributed by atoms with Crippen LogP contribution in [0.4, 0.5) is 0 Å². The second kappa shape index (κ2) is 7.27. The average Bonchev–Trinajstić information content (AvgIpc) is 2.75. The normalized spacial score (nSPS) is 14.3. The van der Waals surface area contributed by atoms with Gasteiger partial charge in [-0.2, -0.15) is 5.10 Å². The van der Waals surface area contributed by atoms with E-state index in [0.29, 0.717) is 50.6 Å². The number of ether oxygens (including phenoxy) is 1. The second-order valence-corrected chi connectivity index (χ2v) is 6.42. The van der Waals surface area contributed by atoms with Gasteiger partial charge in [0.1, 0.15) is 5.82 Å². The van der Waals surface area contributed by atoms with E-state index in [9.17, 15) is 9.59 Å². The van der Waals surface area contributed by atoms with Crippen molar-refractivity contribution in [3.8, 4) is 0 Å². The highest BCUT2D eigenvalue weighted by Crippen LogP contribution is 2.13. The first-order valence-corrected chi connectivity index (χ1v) is 8.44. The molecule has 1 amide bonds. The van der Waals surface area contributed by atoms with Gasteiger partial charge in [-0.3, -0.25) is 14.3 Å². The van der Waals surface area contributed by atoms with Gasteiger partial charge in [-0.05, 0) is 22.0 Å². The summed E-state index contributed by atoms with van der Waals surface area (Å²) in [7, 11) is 1.59. The number of methoxy groups -OCH3 is 1. The smallest absolute Gasteiger partial charge is 0.346 e. The third-order valence-corrected chi connectivity index (χ3v) is 4.38. The molecule has 9 heteroatoms. The maximum atomic E-state index is 12.6. The van der Waals surface area contributed by atoms with E-state index in [1.807, 2.05) is 0 Å². The Hall–Kier alpha value is -2.00. The fourth-order valence-electron chi connectivity index (χ4n) is 2.70. The predicted octanol–water partition coefficient (Wildman–Crippen LogP) is 0.547. The largest absolute Gasteiger partial charge is 0.383 e. The maximum Gasteiger partial charge on any atom is 0.346 e. The molecule has 0 atom stereocenters. The molecule has 8 nitrogen and oxygen atoms in total. The number of nitrogens with zero attached hydrogens (tertiary/aromatic N) is 5. The first-order chi connectivity index (χ1) is 11.6. The Morgan fingerprint density at radius 3 is 2.92 bits per heavy atom. The minimum atomic E-state index is -0.152. The molecule has 3 heterocycles. The van der Waals surface area contributed by atoms with Crippen LogP contribution >= 0.6 is 15.9 Å². The Labute approximate surface area is 147 Å². The van der Waals surface area contributed by atoms with E-state index in [2.05, 4.69) is 26.0 Å². The van der Waals surface area contributed by atoms with Crippen LogP contribution in [0.2, 0.25) is 0 Å². The van der Waals surface area contributed by atoms with Crippen molar-refractivity contribution < 1.29 is 9.53 Å². The molecule has 0 saturated carbocycles. The summed E-state index contributed by atoms with van der Waals surface area (Å²) in [5.41, 5.74) is 0.377. The van der Waals surface area contributed by atoms with Crippen LogP contribution in [0.1, 0.15) is 16.2 Å². The van der Waals surface area contributed by atoms with E-state index in [1.165, 1.54) is 4.68 Å². The lowest BCUT2D eigenvalue weighted by Gasteiger charge is -2.19. The van der Waals surface area contributed by atoms with E-state index >= 15 is 0 Å². The third-order valence-electron chi connectivity index (χ3n) is 3.94. The zero-order chi connectivity index (χ0) is 17.1. The summed E-state index contributed by atoms with van der Waals surface area (Å²) in [4.78, 5) is 30.7. The van der Waals surface area contributed by atoms with Crippen LogP contribution in [0.5, 0.6) is 0 Å². The molecule has 0 fully saturated rings. The van der Waals surface area contributed by atoms with Crippen molar-refractivity contribution >= 4 is 21.8 Å². The number of fused-ring (bicyclic) bond motifs is 1. The summed E-state index contributed by atoms with van der Waals surface area (Å²) >= 11 is 3.32. The summed E-state index contributed by atoms with van der Waals surface area (Å²) < 4.78 is 8.82. The van der Waals surface area contributed by atoms with Gasteiger partial charge in [0, 0.05) is 50.0 Å². The Morgan fingerprint density at radius 1 is 1.33 bits per heavy atom. The summed E-state index contributed by atoms with van der Waals surface area (Å²) in [5, 5.41) is 4.36. The van der Waals surface area contributed by atoms with Crippen molar-refractivity contribution in [2.45, 2.75) is 19.5 Å². The Bertz CT molecular complexity index is 801. The molecule has 0 bridgehead atoms. The van der Waals surface area contributed by atoms with Gasteiger partial charge in [-0.1, -0.05) is 0 Å². The number of aromatic nitrogens is 4. The standard InChI is InChI=1S/C15H18BrN5O3/c1-24-7-6-21-15(23)20-5-4-19(3-2-13(20)18-21)14(22)11-8-12(16)10-17-9-11/h8-10H,2-7H2,1H3. The van der Waals surface area contributed by atoms with E-state index in [-0.39, 0.29) is 11.6 Å². The molecule has 1 aliphatic rings. The van der Waals surface area contributed by atoms with Crippen molar-refractivity contribution in [3.05, 3.63) is 44.8 Å². The summed E-state index contributed by atoms with van der Waals surface area (Å²) in [6.45, 7) is 2.30. The van der Waals surface area contributed by atoms with Gasteiger partial charge in [-0.15, -0.1) is 0 Å². The first kappa shape index (κ1) is 16.8. The van der Waals surface area contributed by atoms with E-state index in [1.54, 1.807) is 35.0 Å². The van der Waals surface area contributed by atoms with Gasteiger partial charge >= 0.3 is 5.69 Å². The molecular formula is C15H18BrN5O3. The number of carbonyl (C=O) groups is 1. The number of rotatable bonds is 4. The molecule has 0 unspecified atom stereocenters. The maximum absolute atomic E-state index is 12.6. The van der Waals surface area contributed by atoms with Gasteiger partial charge in [0.15, 0.2) is 0 Å². The lowest BCUT2D eigenvalue weighted by Crippen LogP contribution is -2.35. The van der Waals surface area contributed by atoms with Crippen molar-refractivity contribution in [2.75, 3.05) is 26.8 Å². The van der Waals surface area contributed by atoms with Crippen LogP contribution in [-0.2, 0) is 24.2 Å². The number of hydrogen-bond acceptors (Lipinski definition) is 5. The van der Waals surface area contributed by atoms with Gasteiger partial charge in [0.25, 0.3) is 5.91 Å². The molecule has 2 aromatic heterocycles. The molecule has 0 aliphatic carbocycles. The number of hydrogen-bond donors (Lipinski definition) is 0. The number of amides is 1. The Kier molecular flexibility index (Phi) is 5.10. The highest BCUT2D eigenvalue weighted by molar-refractivity contribution is 9.10. The molecule has 0 radical (unpaired) electrons. The molecular weight excluding hydrogens is 378 g/mol. The van der Waals surface area contributed by atoms with E-state index < -0.39 is 0 Å². The molecule has 3 rings (SSSR count). The summed E-state index contributed by atoms with van der Waals surface area (Å²) in [6, 6.07) is 1.75. The molecule has 0 aromatic carbocycles. The van der Waals surface area contributed by atoms with Crippen LogP contribution in [0.25, 0.3) is 0 Å². The van der Waals surface area contributed by atoms with Crippen LogP contribution in [0.3, 0.4) is 0 Å². The fraction of sp³-hybridized carbons (Fsp3) is 0.467. The van der Waals surface area contributed by atoms with E-state index in [4.69, 9.17) is 4.74 Å². The number of pyridine rings is 1. The molecule has 2 aromatic rings.